The number of hydrogen-bond donors (Lipinski definition) is 1. The molecule has 2 aliphatic rings. The first kappa shape index (κ1) is 29.2. The molecule has 1 atom stereocenters. The summed E-state index contributed by atoms with van der Waals surface area (Å²) in [7, 11) is 0. The van der Waals surface area contributed by atoms with E-state index in [9.17, 15) is 14.4 Å². The molecule has 1 unspecified atom stereocenters. The number of nitrogens with zero attached hydrogens (tertiary/aromatic N) is 3. The average molecular weight is 587 g/mol. The molecule has 1 saturated heterocycles. The van der Waals surface area contributed by atoms with E-state index in [1.165, 1.54) is 9.80 Å². The van der Waals surface area contributed by atoms with Gasteiger partial charge in [0.05, 0.1) is 0 Å². The van der Waals surface area contributed by atoms with Crippen LogP contribution < -0.4 is 5.73 Å². The zero-order valence-corrected chi connectivity index (χ0v) is 24.4. The van der Waals surface area contributed by atoms with Gasteiger partial charge in [-0.3, -0.25) is 14.6 Å². The fraction of sp³-hybridized carbons (Fsp3) is 0.303. The molecule has 1 fully saturated rings. The van der Waals surface area contributed by atoms with Crippen molar-refractivity contribution in [1.82, 2.24) is 14.7 Å². The predicted molar refractivity (Wildman–Crippen MR) is 161 cm³/mol. The maximum atomic E-state index is 14.4. The van der Waals surface area contributed by atoms with E-state index in [4.69, 9.17) is 22.1 Å². The Hall–Kier alpha value is -4.30. The lowest BCUT2D eigenvalue weighted by Gasteiger charge is -2.36. The molecule has 5 rings (SSSR count). The number of hydrogen-bond acceptors (Lipinski definition) is 5. The summed E-state index contributed by atoms with van der Waals surface area (Å²) in [4.78, 5) is 46.3. The van der Waals surface area contributed by atoms with Gasteiger partial charge in [0.15, 0.2) is 17.6 Å². The number of amides is 3. The Balaban J connectivity index is 1.64. The van der Waals surface area contributed by atoms with Gasteiger partial charge in [0.1, 0.15) is 6.17 Å². The molecule has 3 aromatic rings. The van der Waals surface area contributed by atoms with E-state index in [0.29, 0.717) is 30.0 Å². The molecule has 0 saturated carbocycles. The van der Waals surface area contributed by atoms with Crippen LogP contribution in [0.3, 0.4) is 0 Å². The smallest absolute Gasteiger partial charge is 0.359 e. The molecule has 3 amide bonds. The Bertz CT molecular complexity index is 1420. The molecule has 8 nitrogen and oxygen atoms in total. The molecule has 0 aromatic heterocycles. The normalized spacial score (nSPS) is 16.4. The Kier molecular flexibility index (Phi) is 9.12. The third kappa shape index (κ3) is 5.99. The molecule has 2 aliphatic heterocycles. The second-order valence-electron chi connectivity index (χ2n) is 10.5. The van der Waals surface area contributed by atoms with Crippen molar-refractivity contribution in [2.24, 2.45) is 5.73 Å². The van der Waals surface area contributed by atoms with Crippen LogP contribution in [0.2, 0.25) is 5.02 Å². The molecule has 42 heavy (non-hydrogen) atoms. The number of esters is 1. The zero-order chi connectivity index (χ0) is 29.6. The minimum atomic E-state index is -0.729. The SMILES string of the molecule is CCCCN(C(=O)c1cccc(Cl)c1)C1=C(C(=O)OC(c2ccccc2)c2ccccc2)N2CCCCC2N1C(N)=O. The highest BCUT2D eigenvalue weighted by Crippen LogP contribution is 2.39. The number of unbranched alkanes of at least 4 members (excludes halogenated alkanes) is 1. The molecular formula is C33H35ClN4O4. The lowest BCUT2D eigenvalue weighted by atomic mass is 10.0. The first-order chi connectivity index (χ1) is 20.4. The molecule has 0 radical (unpaired) electrons. The van der Waals surface area contributed by atoms with Crippen LogP contribution in [0.4, 0.5) is 4.79 Å². The summed E-state index contributed by atoms with van der Waals surface area (Å²) < 4.78 is 6.30. The second kappa shape index (κ2) is 13.1. The maximum absolute atomic E-state index is 14.4. The van der Waals surface area contributed by atoms with Crippen molar-refractivity contribution < 1.29 is 19.1 Å². The van der Waals surface area contributed by atoms with Crippen molar-refractivity contribution in [2.45, 2.75) is 51.3 Å². The molecule has 9 heteroatoms. The van der Waals surface area contributed by atoms with Crippen LogP contribution in [0.25, 0.3) is 0 Å². The number of piperidine rings is 1. The number of carbonyl (C=O) groups excluding carboxylic acids is 3. The van der Waals surface area contributed by atoms with Gasteiger partial charge in [-0.15, -0.1) is 0 Å². The number of halogens is 1. The topological polar surface area (TPSA) is 96.2 Å². The fourth-order valence-corrected chi connectivity index (χ4v) is 5.88. The van der Waals surface area contributed by atoms with Crippen molar-refractivity contribution in [2.75, 3.05) is 13.1 Å². The van der Waals surface area contributed by atoms with E-state index in [1.54, 1.807) is 24.3 Å². The van der Waals surface area contributed by atoms with Gasteiger partial charge in [0.2, 0.25) is 0 Å². The van der Waals surface area contributed by atoms with Gasteiger partial charge in [0.25, 0.3) is 5.91 Å². The van der Waals surface area contributed by atoms with E-state index in [0.717, 1.165) is 30.4 Å². The van der Waals surface area contributed by atoms with Gasteiger partial charge in [-0.1, -0.05) is 91.7 Å². The number of primary amides is 1. The Labute approximate surface area is 251 Å². The van der Waals surface area contributed by atoms with Crippen LogP contribution in [-0.2, 0) is 9.53 Å². The first-order valence-electron chi connectivity index (χ1n) is 14.4. The van der Waals surface area contributed by atoms with Crippen LogP contribution in [0.15, 0.2) is 96.4 Å². The number of carbonyl (C=O) groups is 3. The third-order valence-electron chi connectivity index (χ3n) is 7.66. The summed E-state index contributed by atoms with van der Waals surface area (Å²) in [6.07, 6.45) is 2.53. The minimum absolute atomic E-state index is 0.165. The van der Waals surface area contributed by atoms with Crippen LogP contribution >= 0.6 is 11.6 Å². The number of benzene rings is 3. The Morgan fingerprint density at radius 1 is 0.976 bits per heavy atom. The van der Waals surface area contributed by atoms with Gasteiger partial charge in [-0.2, -0.15) is 0 Å². The minimum Gasteiger partial charge on any atom is -0.448 e. The van der Waals surface area contributed by atoms with Crippen LogP contribution in [0.5, 0.6) is 0 Å². The van der Waals surface area contributed by atoms with E-state index < -0.39 is 24.3 Å². The van der Waals surface area contributed by atoms with Crippen molar-refractivity contribution in [3.8, 4) is 0 Å². The van der Waals surface area contributed by atoms with Gasteiger partial charge >= 0.3 is 12.0 Å². The summed E-state index contributed by atoms with van der Waals surface area (Å²) in [5, 5.41) is 0.411. The van der Waals surface area contributed by atoms with E-state index in [-0.39, 0.29) is 24.0 Å². The zero-order valence-electron chi connectivity index (χ0n) is 23.6. The van der Waals surface area contributed by atoms with E-state index >= 15 is 0 Å². The number of nitrogens with two attached hydrogens (primary N) is 1. The largest absolute Gasteiger partial charge is 0.448 e. The summed E-state index contributed by atoms with van der Waals surface area (Å²) in [6.45, 7) is 2.81. The number of ether oxygens (including phenoxy) is 1. The van der Waals surface area contributed by atoms with Crippen molar-refractivity contribution in [3.05, 3.63) is 118 Å². The van der Waals surface area contributed by atoms with Gasteiger partial charge < -0.3 is 15.4 Å². The molecule has 0 aliphatic carbocycles. The number of rotatable bonds is 9. The lowest BCUT2D eigenvalue weighted by Crippen LogP contribution is -2.50. The first-order valence-corrected chi connectivity index (χ1v) is 14.8. The van der Waals surface area contributed by atoms with Crippen LogP contribution in [0, 0.1) is 0 Å². The Morgan fingerprint density at radius 3 is 2.24 bits per heavy atom. The lowest BCUT2D eigenvalue weighted by molar-refractivity contribution is -0.145. The van der Waals surface area contributed by atoms with Crippen LogP contribution in [0.1, 0.15) is 66.6 Å². The van der Waals surface area contributed by atoms with Gasteiger partial charge in [-0.25, -0.2) is 9.59 Å². The van der Waals surface area contributed by atoms with E-state index in [1.807, 2.05) is 72.5 Å². The fourth-order valence-electron chi connectivity index (χ4n) is 5.69. The van der Waals surface area contributed by atoms with Crippen molar-refractivity contribution >= 4 is 29.5 Å². The highest BCUT2D eigenvalue weighted by Gasteiger charge is 2.48. The summed E-state index contributed by atoms with van der Waals surface area (Å²) in [5.41, 5.74) is 8.11. The maximum Gasteiger partial charge on any atom is 0.359 e. The van der Waals surface area contributed by atoms with Crippen molar-refractivity contribution in [1.29, 1.82) is 0 Å². The molecule has 0 bridgehead atoms. The summed E-state index contributed by atoms with van der Waals surface area (Å²) >= 11 is 6.24. The molecule has 2 heterocycles. The highest BCUT2D eigenvalue weighted by atomic mass is 35.5. The second-order valence-corrected chi connectivity index (χ2v) is 10.9. The van der Waals surface area contributed by atoms with Gasteiger partial charge in [-0.05, 0) is 55.0 Å². The monoisotopic (exact) mass is 586 g/mol. The van der Waals surface area contributed by atoms with Crippen molar-refractivity contribution in [3.63, 3.8) is 0 Å². The predicted octanol–water partition coefficient (Wildman–Crippen LogP) is 6.29. The number of fused-ring (bicyclic) bond motifs is 1. The average Bonchev–Trinajstić information content (AvgIpc) is 3.36. The molecule has 218 valence electrons. The standard InChI is InChI=1S/C33H35ClN4O4/c1-2-3-20-37(31(39)25-17-12-18-26(34)22-25)30-28(36-21-11-10-19-27(36)38(30)33(35)41)32(40)42-29(23-13-6-4-7-14-23)24-15-8-5-9-16-24/h4-9,12-18,22,27,29H,2-3,10-11,19-21H2,1H3,(H2,35,41). The summed E-state index contributed by atoms with van der Waals surface area (Å²) in [5.74, 6) is -0.837. The quantitative estimate of drug-likeness (QED) is 0.297. The van der Waals surface area contributed by atoms with E-state index in [2.05, 4.69) is 0 Å². The molecule has 3 aromatic carbocycles. The van der Waals surface area contributed by atoms with Crippen LogP contribution in [-0.4, -0.2) is 51.9 Å². The summed E-state index contributed by atoms with van der Waals surface area (Å²) in [6, 6.07) is 24.9. The Morgan fingerprint density at radius 2 is 1.64 bits per heavy atom. The number of urea groups is 1. The molecule has 0 spiro atoms. The van der Waals surface area contributed by atoms with Gasteiger partial charge in [0, 0.05) is 23.7 Å². The molecular weight excluding hydrogens is 552 g/mol. The third-order valence-corrected chi connectivity index (χ3v) is 7.90. The molecule has 2 N–H and O–H groups in total. The highest BCUT2D eigenvalue weighted by molar-refractivity contribution is 6.31.